The number of amides is 1. The first-order valence-electron chi connectivity index (χ1n) is 9.27. The summed E-state index contributed by atoms with van der Waals surface area (Å²) >= 11 is 0. The molecule has 1 aromatic carbocycles. The van der Waals surface area contributed by atoms with Gasteiger partial charge < -0.3 is 15.1 Å². The van der Waals surface area contributed by atoms with E-state index in [1.807, 2.05) is 41.2 Å². The van der Waals surface area contributed by atoms with E-state index < -0.39 is 24.2 Å². The molecule has 1 saturated carbocycles. The zero-order chi connectivity index (χ0) is 18.1. The van der Waals surface area contributed by atoms with Crippen molar-refractivity contribution in [2.75, 3.05) is 0 Å². The van der Waals surface area contributed by atoms with Crippen LogP contribution in [0.15, 0.2) is 36.5 Å². The number of aliphatic hydroxyl groups excluding tert-OH is 2. The number of hydrogen-bond donors (Lipinski definition) is 2. The van der Waals surface area contributed by atoms with Crippen LogP contribution in [0.3, 0.4) is 0 Å². The molecule has 2 N–H and O–H groups in total. The van der Waals surface area contributed by atoms with Crippen LogP contribution in [0.1, 0.15) is 55.4 Å². The number of aromatic nitrogens is 3. The first-order chi connectivity index (χ1) is 12.6. The van der Waals surface area contributed by atoms with Crippen molar-refractivity contribution in [3.05, 3.63) is 47.8 Å². The van der Waals surface area contributed by atoms with Gasteiger partial charge in [0.2, 0.25) is 0 Å². The summed E-state index contributed by atoms with van der Waals surface area (Å²) in [5.74, 6) is -0.474. The lowest BCUT2D eigenvalue weighted by Crippen LogP contribution is -2.30. The smallest absolute Gasteiger partial charge is 0.255 e. The molecule has 1 aromatic heterocycles. The van der Waals surface area contributed by atoms with Gasteiger partial charge in [0, 0.05) is 6.54 Å². The van der Waals surface area contributed by atoms with Gasteiger partial charge in [-0.1, -0.05) is 54.8 Å². The standard InChI is InChI=1S/C19H24N4O3/c24-17-16(15-12-23(21-20-15)14-9-5-2-6-10-14)22(19(26)18(17)25)11-13-7-3-1-4-8-13/h1,3-4,7-8,12,14,16-18,24-25H,2,5-6,9-11H2/t16-,17+,18-/m1/s1. The topological polar surface area (TPSA) is 91.5 Å². The van der Waals surface area contributed by atoms with Gasteiger partial charge in [0.1, 0.15) is 17.8 Å². The Morgan fingerprint density at radius 3 is 2.54 bits per heavy atom. The Labute approximate surface area is 152 Å². The van der Waals surface area contributed by atoms with Crippen molar-refractivity contribution in [2.45, 2.75) is 62.9 Å². The average molecular weight is 356 g/mol. The molecule has 7 heteroatoms. The molecule has 1 aliphatic carbocycles. The molecule has 2 aromatic rings. The van der Waals surface area contributed by atoms with Crippen LogP contribution < -0.4 is 0 Å². The Morgan fingerprint density at radius 2 is 1.81 bits per heavy atom. The van der Waals surface area contributed by atoms with E-state index in [1.54, 1.807) is 0 Å². The molecular formula is C19H24N4O3. The molecule has 2 fully saturated rings. The van der Waals surface area contributed by atoms with Gasteiger partial charge in [0.15, 0.2) is 6.10 Å². The fourth-order valence-electron chi connectivity index (χ4n) is 4.05. The number of benzene rings is 1. The van der Waals surface area contributed by atoms with Crippen LogP contribution >= 0.6 is 0 Å². The number of likely N-dealkylation sites (tertiary alicyclic amines) is 1. The Morgan fingerprint density at radius 1 is 1.08 bits per heavy atom. The molecule has 0 unspecified atom stereocenters. The number of aliphatic hydroxyl groups is 2. The Kier molecular flexibility index (Phi) is 4.74. The fraction of sp³-hybridized carbons (Fsp3) is 0.526. The van der Waals surface area contributed by atoms with Gasteiger partial charge in [-0.05, 0) is 18.4 Å². The second-order valence-corrected chi connectivity index (χ2v) is 7.25. The summed E-state index contributed by atoms with van der Waals surface area (Å²) in [6, 6.07) is 9.18. The van der Waals surface area contributed by atoms with Crippen molar-refractivity contribution in [1.82, 2.24) is 19.9 Å². The molecule has 26 heavy (non-hydrogen) atoms. The molecule has 4 rings (SSSR count). The van der Waals surface area contributed by atoms with Crippen molar-refractivity contribution in [1.29, 1.82) is 0 Å². The fourth-order valence-corrected chi connectivity index (χ4v) is 4.05. The summed E-state index contributed by atoms with van der Waals surface area (Å²) in [5.41, 5.74) is 1.47. The second-order valence-electron chi connectivity index (χ2n) is 7.25. The molecule has 0 radical (unpaired) electrons. The highest BCUT2D eigenvalue weighted by atomic mass is 16.3. The Hall–Kier alpha value is -2.25. The molecule has 2 heterocycles. The molecule has 0 spiro atoms. The molecular weight excluding hydrogens is 332 g/mol. The third kappa shape index (κ3) is 3.12. The maximum atomic E-state index is 12.5. The molecule has 1 saturated heterocycles. The van der Waals surface area contributed by atoms with Crippen molar-refractivity contribution >= 4 is 5.91 Å². The predicted octanol–water partition coefficient (Wildman–Crippen LogP) is 1.59. The summed E-state index contributed by atoms with van der Waals surface area (Å²) in [4.78, 5) is 14.0. The van der Waals surface area contributed by atoms with E-state index in [4.69, 9.17) is 0 Å². The van der Waals surface area contributed by atoms with Crippen LogP contribution in [-0.2, 0) is 11.3 Å². The maximum Gasteiger partial charge on any atom is 0.255 e. The molecule has 138 valence electrons. The summed E-state index contributed by atoms with van der Waals surface area (Å²) in [6.07, 6.45) is 4.97. The number of carbonyl (C=O) groups excluding carboxylic acids is 1. The van der Waals surface area contributed by atoms with Crippen LogP contribution in [0.4, 0.5) is 0 Å². The molecule has 1 amide bonds. The third-order valence-electron chi connectivity index (χ3n) is 5.49. The Bertz CT molecular complexity index is 757. The van der Waals surface area contributed by atoms with E-state index in [0.29, 0.717) is 18.3 Å². The number of nitrogens with zero attached hydrogens (tertiary/aromatic N) is 4. The first-order valence-corrected chi connectivity index (χ1v) is 9.27. The lowest BCUT2D eigenvalue weighted by molar-refractivity contribution is -0.136. The van der Waals surface area contributed by atoms with Crippen LogP contribution in [0, 0.1) is 0 Å². The number of carbonyl (C=O) groups is 1. The highest BCUT2D eigenvalue weighted by Crippen LogP contribution is 2.35. The first kappa shape index (κ1) is 17.2. The summed E-state index contributed by atoms with van der Waals surface area (Å²) in [5, 5.41) is 29.0. The molecule has 0 bridgehead atoms. The van der Waals surface area contributed by atoms with E-state index in [1.165, 1.54) is 24.2 Å². The van der Waals surface area contributed by atoms with Crippen molar-refractivity contribution in [3.8, 4) is 0 Å². The van der Waals surface area contributed by atoms with Gasteiger partial charge in [-0.3, -0.25) is 4.79 Å². The van der Waals surface area contributed by atoms with Gasteiger partial charge in [0.05, 0.1) is 12.2 Å². The molecule has 2 aliphatic rings. The minimum absolute atomic E-state index is 0.314. The van der Waals surface area contributed by atoms with Crippen molar-refractivity contribution in [2.24, 2.45) is 0 Å². The van der Waals surface area contributed by atoms with E-state index in [9.17, 15) is 15.0 Å². The summed E-state index contributed by atoms with van der Waals surface area (Å²) in [7, 11) is 0. The third-order valence-corrected chi connectivity index (χ3v) is 5.49. The number of hydrogen-bond acceptors (Lipinski definition) is 5. The van der Waals surface area contributed by atoms with E-state index in [0.717, 1.165) is 18.4 Å². The van der Waals surface area contributed by atoms with Gasteiger partial charge in [-0.2, -0.15) is 0 Å². The zero-order valence-corrected chi connectivity index (χ0v) is 14.6. The van der Waals surface area contributed by atoms with Crippen LogP contribution in [0.25, 0.3) is 0 Å². The van der Waals surface area contributed by atoms with Crippen LogP contribution in [0.2, 0.25) is 0 Å². The van der Waals surface area contributed by atoms with Crippen molar-refractivity contribution in [3.63, 3.8) is 0 Å². The van der Waals surface area contributed by atoms with E-state index in [-0.39, 0.29) is 0 Å². The largest absolute Gasteiger partial charge is 0.387 e. The molecule has 3 atom stereocenters. The highest BCUT2D eigenvalue weighted by Gasteiger charge is 2.48. The van der Waals surface area contributed by atoms with Crippen LogP contribution in [0.5, 0.6) is 0 Å². The van der Waals surface area contributed by atoms with Gasteiger partial charge in [0.25, 0.3) is 5.91 Å². The van der Waals surface area contributed by atoms with Crippen LogP contribution in [-0.4, -0.2) is 48.2 Å². The highest BCUT2D eigenvalue weighted by molar-refractivity contribution is 5.84. The lowest BCUT2D eigenvalue weighted by Gasteiger charge is -2.24. The normalized spacial score (nSPS) is 27.2. The monoisotopic (exact) mass is 356 g/mol. The van der Waals surface area contributed by atoms with E-state index in [2.05, 4.69) is 10.3 Å². The summed E-state index contributed by atoms with van der Waals surface area (Å²) < 4.78 is 1.86. The van der Waals surface area contributed by atoms with E-state index >= 15 is 0 Å². The van der Waals surface area contributed by atoms with Gasteiger partial charge >= 0.3 is 0 Å². The zero-order valence-electron chi connectivity index (χ0n) is 14.6. The molecule has 1 aliphatic heterocycles. The van der Waals surface area contributed by atoms with Gasteiger partial charge in [-0.15, -0.1) is 5.10 Å². The quantitative estimate of drug-likeness (QED) is 0.868. The lowest BCUT2D eigenvalue weighted by atomic mass is 9.96. The molecule has 7 nitrogen and oxygen atoms in total. The Balaban J connectivity index is 1.59. The SMILES string of the molecule is O=C1[C@H](O)[C@@H](O)[C@@H](c2cn(C3CCCCC3)nn2)N1Cc1ccccc1. The number of rotatable bonds is 4. The maximum absolute atomic E-state index is 12.5. The average Bonchev–Trinajstić information content (AvgIpc) is 3.24. The second kappa shape index (κ2) is 7.17. The summed E-state index contributed by atoms with van der Waals surface area (Å²) in [6.45, 7) is 0.314. The minimum Gasteiger partial charge on any atom is -0.387 e. The predicted molar refractivity (Wildman–Crippen MR) is 93.9 cm³/mol. The van der Waals surface area contributed by atoms with Crippen molar-refractivity contribution < 1.29 is 15.0 Å². The van der Waals surface area contributed by atoms with Gasteiger partial charge in [-0.25, -0.2) is 4.68 Å². The minimum atomic E-state index is -1.43.